The molecule has 5 heteroatoms. The van der Waals surface area contributed by atoms with E-state index in [0.717, 1.165) is 0 Å². The third-order valence-electron chi connectivity index (χ3n) is 2.45. The van der Waals surface area contributed by atoms with Crippen LogP contribution in [-0.2, 0) is 16.1 Å². The molecule has 0 aliphatic heterocycles. The lowest BCUT2D eigenvalue weighted by Crippen LogP contribution is -2.10. The number of alkyl halides is 1. The van der Waals surface area contributed by atoms with Gasteiger partial charge in [-0.05, 0) is 31.0 Å². The van der Waals surface area contributed by atoms with Crippen molar-refractivity contribution in [1.29, 1.82) is 0 Å². The minimum Gasteiger partial charge on any atom is -0.462 e. The molecular formula is C13H15ClO4. The molecule has 1 aromatic carbocycles. The molecule has 0 aromatic heterocycles. The number of rotatable bonds is 5. The Kier molecular flexibility index (Phi) is 5.31. The van der Waals surface area contributed by atoms with Gasteiger partial charge in [0.15, 0.2) is 5.78 Å². The molecule has 18 heavy (non-hydrogen) atoms. The summed E-state index contributed by atoms with van der Waals surface area (Å²) in [5, 5.41) is 8.37. The molecule has 0 spiro atoms. The maximum absolute atomic E-state index is 11.7. The van der Waals surface area contributed by atoms with Crippen molar-refractivity contribution in [3.63, 3.8) is 0 Å². The fraction of sp³-hybridized carbons (Fsp3) is 0.385. The molecule has 0 radical (unpaired) electrons. The fourth-order valence-corrected chi connectivity index (χ4v) is 1.66. The van der Waals surface area contributed by atoms with E-state index in [4.69, 9.17) is 21.4 Å². The molecule has 0 aliphatic rings. The number of halogens is 1. The standard InChI is InChI=1S/C13H15ClO4/c1-3-18-13(17)11-6-9(12(14)8(2)16)4-5-10(11)7-15/h4-6,12,15H,3,7H2,1-2H3. The van der Waals surface area contributed by atoms with Gasteiger partial charge in [-0.15, -0.1) is 11.6 Å². The quantitative estimate of drug-likeness (QED) is 0.658. The van der Waals surface area contributed by atoms with Gasteiger partial charge < -0.3 is 9.84 Å². The fourth-order valence-electron chi connectivity index (χ4n) is 1.52. The highest BCUT2D eigenvalue weighted by Crippen LogP contribution is 2.24. The minimum absolute atomic E-state index is 0.205. The molecule has 1 rings (SSSR count). The molecule has 0 saturated carbocycles. The smallest absolute Gasteiger partial charge is 0.338 e. The van der Waals surface area contributed by atoms with Crippen molar-refractivity contribution >= 4 is 23.4 Å². The first-order valence-corrected chi connectivity index (χ1v) is 6.00. The van der Waals surface area contributed by atoms with Crippen molar-refractivity contribution in [3.05, 3.63) is 34.9 Å². The average Bonchev–Trinajstić information content (AvgIpc) is 2.37. The number of hydrogen-bond acceptors (Lipinski definition) is 4. The van der Waals surface area contributed by atoms with Crippen LogP contribution >= 0.6 is 11.6 Å². The number of esters is 1. The van der Waals surface area contributed by atoms with E-state index in [2.05, 4.69) is 0 Å². The second-order valence-electron chi connectivity index (χ2n) is 3.77. The lowest BCUT2D eigenvalue weighted by atomic mass is 10.0. The highest BCUT2D eigenvalue weighted by molar-refractivity contribution is 6.30. The number of hydrogen-bond donors (Lipinski definition) is 1. The molecule has 98 valence electrons. The van der Waals surface area contributed by atoms with Gasteiger partial charge in [0.2, 0.25) is 0 Å². The number of ketones is 1. The molecule has 0 heterocycles. The third kappa shape index (κ3) is 3.31. The zero-order valence-corrected chi connectivity index (χ0v) is 11.0. The predicted molar refractivity (Wildman–Crippen MR) is 67.6 cm³/mol. The summed E-state index contributed by atoms with van der Waals surface area (Å²) >= 11 is 5.93. The van der Waals surface area contributed by atoms with E-state index in [1.807, 2.05) is 0 Å². The van der Waals surface area contributed by atoms with Gasteiger partial charge in [0.25, 0.3) is 0 Å². The van der Waals surface area contributed by atoms with E-state index in [1.165, 1.54) is 13.0 Å². The van der Waals surface area contributed by atoms with Crippen LogP contribution in [0.15, 0.2) is 18.2 Å². The number of benzene rings is 1. The molecule has 0 aliphatic carbocycles. The third-order valence-corrected chi connectivity index (χ3v) is 3.01. The summed E-state index contributed by atoms with van der Waals surface area (Å²) in [5.74, 6) is -0.737. The summed E-state index contributed by atoms with van der Waals surface area (Å²) in [6.45, 7) is 3.04. The van der Waals surface area contributed by atoms with Crippen LogP contribution < -0.4 is 0 Å². The minimum atomic E-state index is -0.800. The second kappa shape index (κ2) is 6.52. The molecule has 1 N–H and O–H groups in total. The van der Waals surface area contributed by atoms with Gasteiger partial charge in [-0.2, -0.15) is 0 Å². The average molecular weight is 271 g/mol. The summed E-state index contributed by atoms with van der Waals surface area (Å²) in [4.78, 5) is 22.9. The summed E-state index contributed by atoms with van der Waals surface area (Å²) in [6.07, 6.45) is 0. The lowest BCUT2D eigenvalue weighted by molar-refractivity contribution is -0.116. The summed E-state index contributed by atoms with van der Waals surface area (Å²) < 4.78 is 4.89. The SMILES string of the molecule is CCOC(=O)c1cc(C(Cl)C(C)=O)ccc1CO. The monoisotopic (exact) mass is 270 g/mol. The van der Waals surface area contributed by atoms with E-state index >= 15 is 0 Å². The van der Waals surface area contributed by atoms with E-state index in [1.54, 1.807) is 19.1 Å². The van der Waals surface area contributed by atoms with Gasteiger partial charge in [0.05, 0.1) is 18.8 Å². The molecule has 4 nitrogen and oxygen atoms in total. The van der Waals surface area contributed by atoms with Crippen LogP contribution in [0.25, 0.3) is 0 Å². The molecule has 0 fully saturated rings. The summed E-state index contributed by atoms with van der Waals surface area (Å²) in [7, 11) is 0. The van der Waals surface area contributed by atoms with Gasteiger partial charge in [-0.1, -0.05) is 12.1 Å². The zero-order valence-electron chi connectivity index (χ0n) is 10.3. The highest BCUT2D eigenvalue weighted by Gasteiger charge is 2.18. The first-order chi connectivity index (χ1) is 8.51. The van der Waals surface area contributed by atoms with Crippen LogP contribution in [0.1, 0.15) is 40.7 Å². The number of carbonyl (C=O) groups excluding carboxylic acids is 2. The Morgan fingerprint density at radius 1 is 1.44 bits per heavy atom. The topological polar surface area (TPSA) is 63.6 Å². The number of carbonyl (C=O) groups is 2. The second-order valence-corrected chi connectivity index (χ2v) is 4.20. The summed E-state index contributed by atoms with van der Waals surface area (Å²) in [6, 6.07) is 4.68. The van der Waals surface area contributed by atoms with Crippen molar-refractivity contribution in [2.45, 2.75) is 25.8 Å². The molecule has 0 bridgehead atoms. The number of Topliss-reactive ketones (excluding diaryl/α,β-unsaturated/α-hetero) is 1. The largest absolute Gasteiger partial charge is 0.462 e. The molecule has 1 aromatic rings. The van der Waals surface area contributed by atoms with Gasteiger partial charge in [0.1, 0.15) is 5.38 Å². The van der Waals surface area contributed by atoms with Crippen molar-refractivity contribution in [2.75, 3.05) is 6.61 Å². The van der Waals surface area contributed by atoms with Gasteiger partial charge in [-0.3, -0.25) is 4.79 Å². The van der Waals surface area contributed by atoms with Gasteiger partial charge >= 0.3 is 5.97 Å². The van der Waals surface area contributed by atoms with Crippen molar-refractivity contribution in [3.8, 4) is 0 Å². The van der Waals surface area contributed by atoms with Crippen LogP contribution in [0.5, 0.6) is 0 Å². The van der Waals surface area contributed by atoms with Gasteiger partial charge in [0, 0.05) is 0 Å². The Morgan fingerprint density at radius 2 is 2.11 bits per heavy atom. The molecule has 0 amide bonds. The Balaban J connectivity index is 3.17. The first-order valence-electron chi connectivity index (χ1n) is 5.56. The van der Waals surface area contributed by atoms with E-state index in [9.17, 15) is 9.59 Å². The van der Waals surface area contributed by atoms with Crippen molar-refractivity contribution in [2.24, 2.45) is 0 Å². The van der Waals surface area contributed by atoms with Crippen molar-refractivity contribution < 1.29 is 19.4 Å². The van der Waals surface area contributed by atoms with E-state index in [0.29, 0.717) is 11.1 Å². The van der Waals surface area contributed by atoms with E-state index < -0.39 is 11.3 Å². The Labute approximate surface area is 111 Å². The first kappa shape index (κ1) is 14.7. The number of aliphatic hydroxyl groups is 1. The molecule has 0 saturated heterocycles. The maximum atomic E-state index is 11.7. The predicted octanol–water partition coefficient (Wildman–Crippen LogP) is 2.22. The molecule has 1 unspecified atom stereocenters. The lowest BCUT2D eigenvalue weighted by Gasteiger charge is -2.11. The van der Waals surface area contributed by atoms with Crippen LogP contribution in [0.4, 0.5) is 0 Å². The Morgan fingerprint density at radius 3 is 2.61 bits per heavy atom. The summed E-state index contributed by atoms with van der Waals surface area (Å²) in [5.41, 5.74) is 1.21. The van der Waals surface area contributed by atoms with Crippen LogP contribution in [0.3, 0.4) is 0 Å². The van der Waals surface area contributed by atoms with Crippen LogP contribution in [0.2, 0.25) is 0 Å². The molecule has 1 atom stereocenters. The Hall–Kier alpha value is -1.39. The highest BCUT2D eigenvalue weighted by atomic mass is 35.5. The van der Waals surface area contributed by atoms with Crippen LogP contribution in [-0.4, -0.2) is 23.5 Å². The Bertz CT molecular complexity index is 456. The normalized spacial score (nSPS) is 12.0. The van der Waals surface area contributed by atoms with Crippen LogP contribution in [0, 0.1) is 0 Å². The zero-order chi connectivity index (χ0) is 13.7. The maximum Gasteiger partial charge on any atom is 0.338 e. The van der Waals surface area contributed by atoms with E-state index in [-0.39, 0.29) is 24.6 Å². The number of ether oxygens (including phenoxy) is 1. The molecular weight excluding hydrogens is 256 g/mol. The van der Waals surface area contributed by atoms with Gasteiger partial charge in [-0.25, -0.2) is 4.79 Å². The number of aliphatic hydroxyl groups excluding tert-OH is 1. The van der Waals surface area contributed by atoms with Crippen molar-refractivity contribution in [1.82, 2.24) is 0 Å².